The van der Waals surface area contributed by atoms with Crippen molar-refractivity contribution < 1.29 is 17.3 Å². The molecule has 2 fully saturated rings. The summed E-state index contributed by atoms with van der Waals surface area (Å²) in [6.07, 6.45) is 4.77. The van der Waals surface area contributed by atoms with Gasteiger partial charge in [-0.1, -0.05) is 17.7 Å². The summed E-state index contributed by atoms with van der Waals surface area (Å²) >= 11 is 0. The summed E-state index contributed by atoms with van der Waals surface area (Å²) in [6.45, 7) is 2.23. The number of hydrogen-bond acceptors (Lipinski definition) is 4. The molecule has 116 valence electrons. The van der Waals surface area contributed by atoms with Crippen LogP contribution in [0, 0.1) is 18.3 Å². The van der Waals surface area contributed by atoms with Gasteiger partial charge >= 0.3 is 0 Å². The van der Waals surface area contributed by atoms with Crippen molar-refractivity contribution >= 4 is 10.1 Å². The van der Waals surface area contributed by atoms with Crippen molar-refractivity contribution in [3.63, 3.8) is 0 Å². The van der Waals surface area contributed by atoms with Gasteiger partial charge in [0.1, 0.15) is 0 Å². The van der Waals surface area contributed by atoms with Crippen LogP contribution < -0.4 is 0 Å². The zero-order chi connectivity index (χ0) is 15.1. The molecule has 0 unspecified atom stereocenters. The Hall–Kier alpha value is -0.910. The minimum absolute atomic E-state index is 0.241. The van der Waals surface area contributed by atoms with Gasteiger partial charge in [0.2, 0.25) is 0 Å². The van der Waals surface area contributed by atoms with Crippen LogP contribution in [-0.4, -0.2) is 28.2 Å². The summed E-state index contributed by atoms with van der Waals surface area (Å²) in [5.41, 5.74) is 1.45. The van der Waals surface area contributed by atoms with E-state index in [-0.39, 0.29) is 4.90 Å². The van der Waals surface area contributed by atoms with Crippen molar-refractivity contribution in [1.29, 1.82) is 0 Å². The number of aryl methyl sites for hydroxylation is 1. The van der Waals surface area contributed by atoms with Gasteiger partial charge in [-0.05, 0) is 56.1 Å². The van der Waals surface area contributed by atoms with E-state index in [1.807, 2.05) is 6.92 Å². The lowest BCUT2D eigenvalue weighted by Crippen LogP contribution is -2.51. The number of benzene rings is 1. The predicted octanol–water partition coefficient (Wildman–Crippen LogP) is 2.91. The average Bonchev–Trinajstić information content (AvgIpc) is 2.35. The second-order valence-corrected chi connectivity index (χ2v) is 8.21. The largest absolute Gasteiger partial charge is 0.381 e. The van der Waals surface area contributed by atoms with Crippen molar-refractivity contribution in [3.8, 4) is 0 Å². The fourth-order valence-corrected chi connectivity index (χ4v) is 4.62. The fraction of sp³-hybridized carbons (Fsp3) is 0.625. The lowest BCUT2D eigenvalue weighted by molar-refractivity contribution is -0.131. The molecular weight excluding hydrogens is 288 g/mol. The molecule has 21 heavy (non-hydrogen) atoms. The molecule has 0 N–H and O–H groups in total. The van der Waals surface area contributed by atoms with Gasteiger partial charge in [0.25, 0.3) is 10.1 Å². The second kappa shape index (κ2) is 5.38. The smallest absolute Gasteiger partial charge is 0.296 e. The van der Waals surface area contributed by atoms with Crippen LogP contribution in [0.25, 0.3) is 0 Å². The third-order valence-electron chi connectivity index (χ3n) is 4.87. The molecular formula is C16H22O4S. The molecule has 1 aromatic carbocycles. The molecule has 2 aliphatic carbocycles. The number of methoxy groups -OCH3 is 1. The van der Waals surface area contributed by atoms with E-state index in [9.17, 15) is 8.42 Å². The minimum Gasteiger partial charge on any atom is -0.381 e. The van der Waals surface area contributed by atoms with Crippen molar-refractivity contribution in [2.75, 3.05) is 13.7 Å². The van der Waals surface area contributed by atoms with Gasteiger partial charge in [-0.2, -0.15) is 8.42 Å². The third-order valence-corrected chi connectivity index (χ3v) is 6.16. The Balaban J connectivity index is 1.49. The zero-order valence-electron chi connectivity index (χ0n) is 12.5. The Morgan fingerprint density at radius 2 is 1.76 bits per heavy atom. The van der Waals surface area contributed by atoms with E-state index in [1.165, 1.54) is 0 Å². The number of ether oxygens (including phenoxy) is 1. The fourth-order valence-electron chi connectivity index (χ4n) is 3.65. The van der Waals surface area contributed by atoms with Crippen molar-refractivity contribution in [2.24, 2.45) is 11.3 Å². The van der Waals surface area contributed by atoms with E-state index >= 15 is 0 Å². The van der Waals surface area contributed by atoms with E-state index in [4.69, 9.17) is 8.92 Å². The van der Waals surface area contributed by atoms with Crippen LogP contribution in [0.4, 0.5) is 0 Å². The minimum atomic E-state index is -3.61. The maximum atomic E-state index is 12.1. The molecule has 5 heteroatoms. The van der Waals surface area contributed by atoms with Gasteiger partial charge in [0.05, 0.1) is 17.6 Å². The number of rotatable bonds is 5. The van der Waals surface area contributed by atoms with Crippen LogP contribution in [-0.2, 0) is 19.0 Å². The Bertz CT molecular complexity index is 592. The van der Waals surface area contributed by atoms with Gasteiger partial charge < -0.3 is 4.74 Å². The van der Waals surface area contributed by atoms with E-state index in [0.717, 1.165) is 31.2 Å². The molecule has 0 saturated heterocycles. The van der Waals surface area contributed by atoms with Crippen LogP contribution in [0.15, 0.2) is 29.2 Å². The van der Waals surface area contributed by atoms with Gasteiger partial charge in [-0.15, -0.1) is 0 Å². The molecule has 0 heterocycles. The highest BCUT2D eigenvalue weighted by molar-refractivity contribution is 7.86. The van der Waals surface area contributed by atoms with Crippen LogP contribution in [0.2, 0.25) is 0 Å². The first kappa shape index (κ1) is 15.0. The summed E-state index contributed by atoms with van der Waals surface area (Å²) in [4.78, 5) is 0.241. The Labute approximate surface area is 126 Å². The molecule has 2 aliphatic rings. The van der Waals surface area contributed by atoms with Crippen molar-refractivity contribution in [2.45, 2.75) is 43.6 Å². The molecule has 0 aliphatic heterocycles. The van der Waals surface area contributed by atoms with Crippen molar-refractivity contribution in [1.82, 2.24) is 0 Å². The SMILES string of the molecule is COC1CC2(CC(COS(=O)(=O)c3ccc(C)cc3)C2)C1. The third kappa shape index (κ3) is 3.00. The Morgan fingerprint density at radius 3 is 2.33 bits per heavy atom. The Kier molecular flexibility index (Phi) is 3.84. The van der Waals surface area contributed by atoms with E-state index < -0.39 is 10.1 Å². The van der Waals surface area contributed by atoms with Gasteiger partial charge in [0, 0.05) is 7.11 Å². The van der Waals surface area contributed by atoms with Gasteiger partial charge in [-0.3, -0.25) is 4.18 Å². The van der Waals surface area contributed by atoms with E-state index in [0.29, 0.717) is 24.0 Å². The highest BCUT2D eigenvalue weighted by atomic mass is 32.2. The van der Waals surface area contributed by atoms with E-state index in [2.05, 4.69) is 0 Å². The molecule has 0 amide bonds. The molecule has 1 aromatic rings. The van der Waals surface area contributed by atoms with Gasteiger partial charge in [-0.25, -0.2) is 0 Å². The lowest BCUT2D eigenvalue weighted by atomic mass is 9.51. The van der Waals surface area contributed by atoms with Crippen LogP contribution in [0.5, 0.6) is 0 Å². The van der Waals surface area contributed by atoms with Crippen LogP contribution in [0.1, 0.15) is 31.2 Å². The van der Waals surface area contributed by atoms with Crippen molar-refractivity contribution in [3.05, 3.63) is 29.8 Å². The first-order valence-corrected chi connectivity index (χ1v) is 8.82. The first-order valence-electron chi connectivity index (χ1n) is 7.41. The maximum Gasteiger partial charge on any atom is 0.296 e. The van der Waals surface area contributed by atoms with E-state index in [1.54, 1.807) is 31.4 Å². The molecule has 4 nitrogen and oxygen atoms in total. The summed E-state index contributed by atoms with van der Waals surface area (Å²) in [6, 6.07) is 6.77. The molecule has 1 spiro atoms. The normalized spacial score (nSPS) is 31.7. The zero-order valence-corrected chi connectivity index (χ0v) is 13.4. The molecule has 3 rings (SSSR count). The summed E-state index contributed by atoms with van der Waals surface area (Å²) < 4.78 is 34.7. The van der Waals surface area contributed by atoms with Gasteiger partial charge in [0.15, 0.2) is 0 Å². The quantitative estimate of drug-likeness (QED) is 0.785. The standard InChI is InChI=1S/C16H22O4S/c1-12-3-5-15(6-4-12)21(17,18)20-11-13-7-16(8-13)9-14(10-16)19-2/h3-6,13-14H,7-11H2,1-2H3. The Morgan fingerprint density at radius 1 is 1.14 bits per heavy atom. The molecule has 0 atom stereocenters. The molecule has 2 saturated carbocycles. The van der Waals surface area contributed by atoms with Crippen LogP contribution in [0.3, 0.4) is 0 Å². The highest BCUT2D eigenvalue weighted by Gasteiger charge is 2.53. The average molecular weight is 310 g/mol. The molecule has 0 bridgehead atoms. The lowest BCUT2D eigenvalue weighted by Gasteiger charge is -2.57. The number of hydrogen-bond donors (Lipinski definition) is 0. The summed E-state index contributed by atoms with van der Waals surface area (Å²) in [7, 11) is -1.86. The monoisotopic (exact) mass is 310 g/mol. The first-order chi connectivity index (χ1) is 9.92. The topological polar surface area (TPSA) is 52.6 Å². The molecule has 0 aromatic heterocycles. The predicted molar refractivity (Wildman–Crippen MR) is 79.5 cm³/mol. The highest BCUT2D eigenvalue weighted by Crippen LogP contribution is 2.59. The molecule has 0 radical (unpaired) electrons. The second-order valence-electron chi connectivity index (χ2n) is 6.59. The van der Waals surface area contributed by atoms with Crippen LogP contribution >= 0.6 is 0 Å². The summed E-state index contributed by atoms with van der Waals surface area (Å²) in [5.74, 6) is 0.364. The maximum absolute atomic E-state index is 12.1. The summed E-state index contributed by atoms with van der Waals surface area (Å²) in [5, 5.41) is 0.